The molecule has 7 nitrogen and oxygen atoms in total. The van der Waals surface area contributed by atoms with Crippen LogP contribution in [0.4, 0.5) is 10.9 Å². The molecule has 0 spiro atoms. The molecule has 4 rings (SSSR count). The summed E-state index contributed by atoms with van der Waals surface area (Å²) >= 11 is 13.5. The van der Waals surface area contributed by atoms with E-state index in [1.54, 1.807) is 34.0 Å². The largest absolute Gasteiger partial charge is 0.311 e. The fourth-order valence-electron chi connectivity index (χ4n) is 3.08. The van der Waals surface area contributed by atoms with E-state index in [-0.39, 0.29) is 18.2 Å². The van der Waals surface area contributed by atoms with Crippen LogP contribution in [-0.2, 0) is 22.6 Å². The van der Waals surface area contributed by atoms with Crippen molar-refractivity contribution in [2.45, 2.75) is 25.8 Å². The molecule has 1 saturated heterocycles. The standard InChI is InChI=1S/C19H17Cl2N5O2S/c20-13-4-3-12(15(21)8-13)10-26-16(5-6-22-26)24-17(27)9-14-11-29-19(23-14)25-7-1-2-18(25)28/h3-6,8,11H,1-2,7,9-10H2,(H,24,27). The second-order valence-corrected chi connectivity index (χ2v) is 8.29. The SMILES string of the molecule is O=C(Cc1csc(N2CCCC2=O)n1)Nc1ccnn1Cc1ccc(Cl)cc1Cl. The van der Waals surface area contributed by atoms with Crippen molar-refractivity contribution in [3.05, 3.63) is 57.1 Å². The number of benzene rings is 1. The number of hydrogen-bond acceptors (Lipinski definition) is 5. The Kier molecular flexibility index (Phi) is 5.84. The van der Waals surface area contributed by atoms with E-state index < -0.39 is 0 Å². The van der Waals surface area contributed by atoms with Crippen LogP contribution in [0.25, 0.3) is 0 Å². The summed E-state index contributed by atoms with van der Waals surface area (Å²) < 4.78 is 1.66. The van der Waals surface area contributed by atoms with Gasteiger partial charge >= 0.3 is 0 Å². The Bertz CT molecular complexity index is 1060. The molecule has 1 N–H and O–H groups in total. The molecule has 1 aliphatic heterocycles. The Morgan fingerprint density at radius 1 is 1.28 bits per heavy atom. The number of hydrogen-bond donors (Lipinski definition) is 1. The zero-order valence-electron chi connectivity index (χ0n) is 15.3. The van der Waals surface area contributed by atoms with E-state index in [0.717, 1.165) is 12.0 Å². The second kappa shape index (κ2) is 8.52. The lowest BCUT2D eigenvalue weighted by atomic mass is 10.2. The number of carbonyl (C=O) groups excluding carboxylic acids is 2. The summed E-state index contributed by atoms with van der Waals surface area (Å²) in [5.74, 6) is 0.435. The summed E-state index contributed by atoms with van der Waals surface area (Å²) in [6.07, 6.45) is 3.12. The first-order chi connectivity index (χ1) is 14.0. The van der Waals surface area contributed by atoms with Crippen LogP contribution >= 0.6 is 34.5 Å². The molecule has 0 bridgehead atoms. The Morgan fingerprint density at radius 3 is 2.90 bits per heavy atom. The quantitative estimate of drug-likeness (QED) is 0.616. The number of nitrogens with zero attached hydrogens (tertiary/aromatic N) is 4. The highest BCUT2D eigenvalue weighted by Gasteiger charge is 2.24. The Balaban J connectivity index is 1.40. The summed E-state index contributed by atoms with van der Waals surface area (Å²) in [6, 6.07) is 6.98. The Labute approximate surface area is 181 Å². The lowest BCUT2D eigenvalue weighted by Gasteiger charge is -2.11. The number of rotatable bonds is 6. The Morgan fingerprint density at radius 2 is 2.14 bits per heavy atom. The van der Waals surface area contributed by atoms with Gasteiger partial charge in [-0.3, -0.25) is 14.5 Å². The van der Waals surface area contributed by atoms with Crippen LogP contribution in [0.2, 0.25) is 10.0 Å². The van der Waals surface area contributed by atoms with Gasteiger partial charge in [-0.25, -0.2) is 9.67 Å². The monoisotopic (exact) mass is 449 g/mol. The van der Waals surface area contributed by atoms with Crippen molar-refractivity contribution in [3.63, 3.8) is 0 Å². The molecule has 2 aromatic heterocycles. The van der Waals surface area contributed by atoms with Gasteiger partial charge in [-0.05, 0) is 24.1 Å². The number of thiazole rings is 1. The molecule has 150 valence electrons. The highest BCUT2D eigenvalue weighted by Crippen LogP contribution is 2.26. The minimum atomic E-state index is -0.210. The molecule has 1 fully saturated rings. The van der Waals surface area contributed by atoms with Gasteiger partial charge in [0.25, 0.3) is 0 Å². The molecule has 2 amide bonds. The number of halogens is 2. The summed E-state index contributed by atoms with van der Waals surface area (Å²) in [4.78, 5) is 30.4. The van der Waals surface area contributed by atoms with Crippen molar-refractivity contribution in [3.8, 4) is 0 Å². The lowest BCUT2D eigenvalue weighted by molar-refractivity contribution is -0.117. The summed E-state index contributed by atoms with van der Waals surface area (Å²) in [5.41, 5.74) is 1.48. The lowest BCUT2D eigenvalue weighted by Crippen LogP contribution is -2.23. The molecule has 3 aromatic rings. The number of carbonyl (C=O) groups is 2. The molecule has 1 aromatic carbocycles. The van der Waals surface area contributed by atoms with E-state index in [1.807, 2.05) is 11.4 Å². The summed E-state index contributed by atoms with van der Waals surface area (Å²) in [6.45, 7) is 1.08. The Hall–Kier alpha value is -2.42. The molecule has 0 aliphatic carbocycles. The molecule has 0 unspecified atom stereocenters. The molecular formula is C19H17Cl2N5O2S. The molecule has 10 heteroatoms. The van der Waals surface area contributed by atoms with Gasteiger partial charge in [0.05, 0.1) is 24.9 Å². The van der Waals surface area contributed by atoms with Crippen LogP contribution in [0.3, 0.4) is 0 Å². The van der Waals surface area contributed by atoms with Crippen molar-refractivity contribution in [1.82, 2.24) is 14.8 Å². The van der Waals surface area contributed by atoms with Crippen LogP contribution in [-0.4, -0.2) is 33.1 Å². The fraction of sp³-hybridized carbons (Fsp3) is 0.263. The van der Waals surface area contributed by atoms with Crippen molar-refractivity contribution >= 4 is 57.3 Å². The fourth-order valence-corrected chi connectivity index (χ4v) is 4.42. The average molecular weight is 450 g/mol. The minimum absolute atomic E-state index is 0.0834. The number of aromatic nitrogens is 3. The van der Waals surface area contributed by atoms with Crippen molar-refractivity contribution in [2.24, 2.45) is 0 Å². The third-order valence-corrected chi connectivity index (χ3v) is 6.00. The van der Waals surface area contributed by atoms with Gasteiger partial charge in [0.15, 0.2) is 5.13 Å². The van der Waals surface area contributed by atoms with Crippen molar-refractivity contribution < 1.29 is 9.59 Å². The zero-order valence-corrected chi connectivity index (χ0v) is 17.6. The van der Waals surface area contributed by atoms with E-state index >= 15 is 0 Å². The normalized spacial score (nSPS) is 13.9. The predicted molar refractivity (Wildman–Crippen MR) is 114 cm³/mol. The maximum atomic E-state index is 12.5. The van der Waals surface area contributed by atoms with E-state index in [0.29, 0.717) is 46.2 Å². The van der Waals surface area contributed by atoms with E-state index in [4.69, 9.17) is 23.2 Å². The van der Waals surface area contributed by atoms with Crippen LogP contribution < -0.4 is 10.2 Å². The van der Waals surface area contributed by atoms with Gasteiger partial charge in [-0.2, -0.15) is 5.10 Å². The zero-order chi connectivity index (χ0) is 20.4. The maximum Gasteiger partial charge on any atom is 0.231 e. The van der Waals surface area contributed by atoms with E-state index in [1.165, 1.54) is 11.3 Å². The molecule has 0 radical (unpaired) electrons. The minimum Gasteiger partial charge on any atom is -0.311 e. The van der Waals surface area contributed by atoms with Crippen LogP contribution in [0, 0.1) is 0 Å². The van der Waals surface area contributed by atoms with Crippen LogP contribution in [0.15, 0.2) is 35.8 Å². The molecule has 1 aliphatic rings. The van der Waals surface area contributed by atoms with Crippen molar-refractivity contribution in [1.29, 1.82) is 0 Å². The van der Waals surface area contributed by atoms with Gasteiger partial charge in [0.1, 0.15) is 5.82 Å². The van der Waals surface area contributed by atoms with E-state index in [9.17, 15) is 9.59 Å². The number of nitrogens with one attached hydrogen (secondary N) is 1. The molecule has 0 atom stereocenters. The van der Waals surface area contributed by atoms with Crippen molar-refractivity contribution in [2.75, 3.05) is 16.8 Å². The highest BCUT2D eigenvalue weighted by molar-refractivity contribution is 7.14. The first kappa shape index (κ1) is 19.9. The third-order valence-electron chi connectivity index (χ3n) is 4.50. The van der Waals surface area contributed by atoms with Crippen LogP contribution in [0.1, 0.15) is 24.1 Å². The molecular weight excluding hydrogens is 433 g/mol. The summed E-state index contributed by atoms with van der Waals surface area (Å²) in [5, 5.41) is 10.7. The third kappa shape index (κ3) is 4.60. The first-order valence-corrected chi connectivity index (χ1v) is 10.6. The molecule has 29 heavy (non-hydrogen) atoms. The van der Waals surface area contributed by atoms with Gasteiger partial charge in [0, 0.05) is 34.5 Å². The molecule has 3 heterocycles. The second-order valence-electron chi connectivity index (χ2n) is 6.61. The topological polar surface area (TPSA) is 80.1 Å². The smallest absolute Gasteiger partial charge is 0.231 e. The number of anilines is 2. The average Bonchev–Trinajstić information content (AvgIpc) is 3.40. The predicted octanol–water partition coefficient (Wildman–Crippen LogP) is 4.00. The van der Waals surface area contributed by atoms with Gasteiger partial charge in [0.2, 0.25) is 11.8 Å². The van der Waals surface area contributed by atoms with Crippen LogP contribution in [0.5, 0.6) is 0 Å². The highest BCUT2D eigenvalue weighted by atomic mass is 35.5. The van der Waals surface area contributed by atoms with Gasteiger partial charge < -0.3 is 5.32 Å². The first-order valence-electron chi connectivity index (χ1n) is 9.00. The van der Waals surface area contributed by atoms with Gasteiger partial charge in [-0.15, -0.1) is 11.3 Å². The van der Waals surface area contributed by atoms with E-state index in [2.05, 4.69) is 15.4 Å². The summed E-state index contributed by atoms with van der Waals surface area (Å²) in [7, 11) is 0. The maximum absolute atomic E-state index is 12.5. The molecule has 0 saturated carbocycles. The van der Waals surface area contributed by atoms with Gasteiger partial charge in [-0.1, -0.05) is 29.3 Å². The number of amides is 2.